The summed E-state index contributed by atoms with van der Waals surface area (Å²) in [6.07, 6.45) is 1.93. The average molecular weight is 423 g/mol. The predicted molar refractivity (Wildman–Crippen MR) is 113 cm³/mol. The Labute approximate surface area is 180 Å². The Bertz CT molecular complexity index is 1060. The largest absolute Gasteiger partial charge is 0.496 e. The maximum absolute atomic E-state index is 13.0. The van der Waals surface area contributed by atoms with Crippen LogP contribution in [0.25, 0.3) is 11.4 Å². The van der Waals surface area contributed by atoms with Gasteiger partial charge >= 0.3 is 0 Å². The molecule has 0 N–H and O–H groups in total. The van der Waals surface area contributed by atoms with Crippen LogP contribution in [0.15, 0.2) is 47.0 Å². The maximum atomic E-state index is 13.0. The average Bonchev–Trinajstić information content (AvgIpc) is 3.48. The molecule has 31 heavy (non-hydrogen) atoms. The van der Waals surface area contributed by atoms with Gasteiger partial charge in [-0.05, 0) is 37.1 Å². The van der Waals surface area contributed by atoms with Crippen LogP contribution in [-0.4, -0.2) is 48.8 Å². The number of amides is 1. The number of carbonyl (C=O) groups is 1. The second-order valence-electron chi connectivity index (χ2n) is 7.26. The molecule has 2 heterocycles. The van der Waals surface area contributed by atoms with Gasteiger partial charge in [0.05, 0.1) is 27.8 Å². The van der Waals surface area contributed by atoms with E-state index in [0.29, 0.717) is 35.5 Å². The lowest BCUT2D eigenvalue weighted by molar-refractivity contribution is -0.131. The Morgan fingerprint density at radius 3 is 2.61 bits per heavy atom. The van der Waals surface area contributed by atoms with E-state index in [9.17, 15) is 4.79 Å². The SMILES string of the molecule is COc1ccccc1CC(=O)N1CCC[C@H]1c1nc(-c2ccc(OC)c(OC)c2)no1. The molecule has 1 saturated heterocycles. The van der Waals surface area contributed by atoms with E-state index in [2.05, 4.69) is 10.1 Å². The number of ether oxygens (including phenoxy) is 3. The van der Waals surface area contributed by atoms with E-state index < -0.39 is 0 Å². The Hall–Kier alpha value is -3.55. The summed E-state index contributed by atoms with van der Waals surface area (Å²) in [4.78, 5) is 19.4. The van der Waals surface area contributed by atoms with Gasteiger partial charge in [0.25, 0.3) is 0 Å². The van der Waals surface area contributed by atoms with Gasteiger partial charge in [-0.15, -0.1) is 0 Å². The zero-order valence-electron chi connectivity index (χ0n) is 17.8. The standard InChI is InChI=1S/C23H25N3O5/c1-28-18-9-5-4-7-15(18)14-21(27)26-12-6-8-17(26)23-24-22(25-31-23)16-10-11-19(29-2)20(13-16)30-3/h4-5,7,9-11,13,17H,6,8,12,14H2,1-3H3/t17-/m0/s1. The van der Waals surface area contributed by atoms with Gasteiger partial charge in [-0.2, -0.15) is 4.98 Å². The van der Waals surface area contributed by atoms with Crippen LogP contribution in [0.2, 0.25) is 0 Å². The van der Waals surface area contributed by atoms with Gasteiger partial charge < -0.3 is 23.6 Å². The van der Waals surface area contributed by atoms with Gasteiger partial charge in [0.1, 0.15) is 11.8 Å². The van der Waals surface area contributed by atoms with Crippen molar-refractivity contribution in [2.75, 3.05) is 27.9 Å². The van der Waals surface area contributed by atoms with E-state index >= 15 is 0 Å². The van der Waals surface area contributed by atoms with Crippen molar-refractivity contribution >= 4 is 5.91 Å². The molecule has 8 nitrogen and oxygen atoms in total. The minimum Gasteiger partial charge on any atom is -0.496 e. The van der Waals surface area contributed by atoms with Crippen molar-refractivity contribution < 1.29 is 23.5 Å². The highest BCUT2D eigenvalue weighted by atomic mass is 16.5. The number of hydrogen-bond donors (Lipinski definition) is 0. The van der Waals surface area contributed by atoms with Crippen LogP contribution >= 0.6 is 0 Å². The molecule has 0 saturated carbocycles. The molecule has 0 spiro atoms. The van der Waals surface area contributed by atoms with Gasteiger partial charge in [-0.1, -0.05) is 23.4 Å². The van der Waals surface area contributed by atoms with Crippen LogP contribution < -0.4 is 14.2 Å². The molecular weight excluding hydrogens is 398 g/mol. The quantitative estimate of drug-likeness (QED) is 0.573. The third-order valence-corrected chi connectivity index (χ3v) is 5.48. The summed E-state index contributed by atoms with van der Waals surface area (Å²) in [5.74, 6) is 2.81. The van der Waals surface area contributed by atoms with Crippen molar-refractivity contribution in [1.29, 1.82) is 0 Å². The zero-order chi connectivity index (χ0) is 21.8. The van der Waals surface area contributed by atoms with Crippen LogP contribution in [-0.2, 0) is 11.2 Å². The lowest BCUT2D eigenvalue weighted by Gasteiger charge is -2.22. The first-order chi connectivity index (χ1) is 15.1. The second-order valence-corrected chi connectivity index (χ2v) is 7.26. The van der Waals surface area contributed by atoms with Crippen molar-refractivity contribution in [2.24, 2.45) is 0 Å². The molecule has 1 fully saturated rings. The minimum absolute atomic E-state index is 0.0119. The molecule has 0 radical (unpaired) electrons. The summed E-state index contributed by atoms with van der Waals surface area (Å²) in [6.45, 7) is 0.659. The minimum atomic E-state index is -0.233. The van der Waals surface area contributed by atoms with Crippen LogP contribution in [0.3, 0.4) is 0 Å². The van der Waals surface area contributed by atoms with E-state index in [0.717, 1.165) is 24.0 Å². The first kappa shape index (κ1) is 20.7. The second kappa shape index (κ2) is 9.07. The van der Waals surface area contributed by atoms with E-state index in [-0.39, 0.29) is 18.4 Å². The predicted octanol–water partition coefficient (Wildman–Crippen LogP) is 3.67. The summed E-state index contributed by atoms with van der Waals surface area (Å²) in [5.41, 5.74) is 1.61. The zero-order valence-corrected chi connectivity index (χ0v) is 17.8. The number of methoxy groups -OCH3 is 3. The number of aromatic nitrogens is 2. The smallest absolute Gasteiger partial charge is 0.249 e. The van der Waals surface area contributed by atoms with Crippen LogP contribution in [0.5, 0.6) is 17.2 Å². The number of benzene rings is 2. The molecule has 1 amide bonds. The molecule has 0 bridgehead atoms. The summed E-state index contributed by atoms with van der Waals surface area (Å²) in [7, 11) is 4.77. The van der Waals surface area contributed by atoms with Crippen molar-refractivity contribution in [3.8, 4) is 28.6 Å². The van der Waals surface area contributed by atoms with E-state index in [1.54, 1.807) is 33.5 Å². The fourth-order valence-corrected chi connectivity index (χ4v) is 3.90. The lowest BCUT2D eigenvalue weighted by Crippen LogP contribution is -2.32. The number of rotatable bonds is 7. The van der Waals surface area contributed by atoms with E-state index in [4.69, 9.17) is 18.7 Å². The summed E-state index contributed by atoms with van der Waals surface area (Å²) in [6, 6.07) is 12.8. The first-order valence-corrected chi connectivity index (χ1v) is 10.1. The Morgan fingerprint density at radius 2 is 1.84 bits per heavy atom. The van der Waals surface area contributed by atoms with Gasteiger partial charge in [-0.3, -0.25) is 4.79 Å². The molecule has 1 aromatic heterocycles. The monoisotopic (exact) mass is 423 g/mol. The molecule has 2 aromatic carbocycles. The third-order valence-electron chi connectivity index (χ3n) is 5.48. The van der Waals surface area contributed by atoms with Crippen LogP contribution in [0.1, 0.15) is 30.3 Å². The fourth-order valence-electron chi connectivity index (χ4n) is 3.90. The molecule has 0 aliphatic carbocycles. The summed E-state index contributed by atoms with van der Waals surface area (Å²) in [5, 5.41) is 4.13. The van der Waals surface area contributed by atoms with Gasteiger partial charge in [0, 0.05) is 17.7 Å². The lowest BCUT2D eigenvalue weighted by atomic mass is 10.1. The van der Waals surface area contributed by atoms with Crippen molar-refractivity contribution in [3.63, 3.8) is 0 Å². The molecule has 4 rings (SSSR count). The number of hydrogen-bond acceptors (Lipinski definition) is 7. The molecule has 162 valence electrons. The molecule has 3 aromatic rings. The Kier molecular flexibility index (Phi) is 6.06. The van der Waals surface area contributed by atoms with Crippen molar-refractivity contribution in [3.05, 3.63) is 53.9 Å². The fraction of sp³-hybridized carbons (Fsp3) is 0.348. The Morgan fingerprint density at radius 1 is 1.06 bits per heavy atom. The van der Waals surface area contributed by atoms with Crippen molar-refractivity contribution in [1.82, 2.24) is 15.0 Å². The van der Waals surface area contributed by atoms with E-state index in [1.807, 2.05) is 35.2 Å². The maximum Gasteiger partial charge on any atom is 0.249 e. The number of likely N-dealkylation sites (tertiary alicyclic amines) is 1. The normalized spacial score (nSPS) is 15.7. The first-order valence-electron chi connectivity index (χ1n) is 10.1. The topological polar surface area (TPSA) is 86.9 Å². The highest BCUT2D eigenvalue weighted by Crippen LogP contribution is 2.35. The number of nitrogens with zero attached hydrogens (tertiary/aromatic N) is 3. The Balaban J connectivity index is 1.53. The summed E-state index contributed by atoms with van der Waals surface area (Å²) < 4.78 is 21.6. The molecule has 8 heteroatoms. The molecule has 1 aliphatic heterocycles. The summed E-state index contributed by atoms with van der Waals surface area (Å²) >= 11 is 0. The van der Waals surface area contributed by atoms with Crippen molar-refractivity contribution in [2.45, 2.75) is 25.3 Å². The van der Waals surface area contributed by atoms with Gasteiger partial charge in [-0.25, -0.2) is 0 Å². The van der Waals surface area contributed by atoms with Crippen LogP contribution in [0.4, 0.5) is 0 Å². The molecule has 1 atom stereocenters. The third kappa shape index (κ3) is 4.19. The highest BCUT2D eigenvalue weighted by Gasteiger charge is 2.34. The molecular formula is C23H25N3O5. The molecule has 0 unspecified atom stereocenters. The number of para-hydroxylation sites is 1. The van der Waals surface area contributed by atoms with Gasteiger partial charge in [0.2, 0.25) is 17.6 Å². The van der Waals surface area contributed by atoms with Gasteiger partial charge in [0.15, 0.2) is 11.5 Å². The number of carbonyl (C=O) groups excluding carboxylic acids is 1. The highest BCUT2D eigenvalue weighted by molar-refractivity contribution is 5.80. The van der Waals surface area contributed by atoms with Crippen LogP contribution in [0, 0.1) is 0 Å². The molecule has 1 aliphatic rings. The van der Waals surface area contributed by atoms with E-state index in [1.165, 1.54) is 0 Å².